The second-order valence-electron chi connectivity index (χ2n) is 6.31. The summed E-state index contributed by atoms with van der Waals surface area (Å²) in [6.07, 6.45) is 5.36. The molecule has 2 aromatic rings. The molecule has 2 rings (SSSR count). The maximum Gasteiger partial charge on any atom is 0.387 e. The molecule has 0 bridgehead atoms. The largest absolute Gasteiger partial charge is 0.434 e. The molecule has 0 spiro atoms. The number of terminal acetylenes is 1. The minimum absolute atomic E-state index is 0. The molecule has 166 valence electrons. The van der Waals surface area contributed by atoms with E-state index in [0.29, 0.717) is 29.3 Å². The molecule has 2 aromatic carbocycles. The lowest BCUT2D eigenvalue weighted by molar-refractivity contribution is -0.115. The SMILES string of the molecule is C#Cc1cccc(NC(=O)CNC(=NCc2cc(C)ccc2OC(F)F)NCC)c1.I. The molecule has 1 amide bonds. The summed E-state index contributed by atoms with van der Waals surface area (Å²) in [5.41, 5.74) is 2.67. The van der Waals surface area contributed by atoms with E-state index in [4.69, 9.17) is 6.42 Å². The van der Waals surface area contributed by atoms with Crippen molar-refractivity contribution in [3.63, 3.8) is 0 Å². The van der Waals surface area contributed by atoms with Gasteiger partial charge in [-0.05, 0) is 38.1 Å². The number of amides is 1. The predicted octanol–water partition coefficient (Wildman–Crippen LogP) is 3.89. The van der Waals surface area contributed by atoms with Gasteiger partial charge in [-0.3, -0.25) is 4.79 Å². The topological polar surface area (TPSA) is 74.8 Å². The van der Waals surface area contributed by atoms with Gasteiger partial charge in [-0.25, -0.2) is 4.99 Å². The molecule has 0 atom stereocenters. The van der Waals surface area contributed by atoms with Gasteiger partial charge < -0.3 is 20.7 Å². The van der Waals surface area contributed by atoms with Gasteiger partial charge in [0.25, 0.3) is 0 Å². The number of halogens is 3. The van der Waals surface area contributed by atoms with Crippen LogP contribution in [0.2, 0.25) is 0 Å². The lowest BCUT2D eigenvalue weighted by Crippen LogP contribution is -2.41. The fraction of sp³-hybridized carbons (Fsp3) is 0.273. The first kappa shape index (κ1) is 26.2. The summed E-state index contributed by atoms with van der Waals surface area (Å²) < 4.78 is 29.8. The molecule has 3 N–H and O–H groups in total. The van der Waals surface area contributed by atoms with Crippen LogP contribution in [-0.4, -0.2) is 31.6 Å². The van der Waals surface area contributed by atoms with Crippen LogP contribution < -0.4 is 20.7 Å². The number of guanidine groups is 1. The Morgan fingerprint density at radius 2 is 2.00 bits per heavy atom. The average molecular weight is 542 g/mol. The van der Waals surface area contributed by atoms with Crippen molar-refractivity contribution in [3.8, 4) is 18.1 Å². The summed E-state index contributed by atoms with van der Waals surface area (Å²) in [6.45, 7) is 1.43. The maximum atomic E-state index is 12.6. The molecule has 0 fully saturated rings. The fourth-order valence-electron chi connectivity index (χ4n) is 2.60. The standard InChI is InChI=1S/C22H24F2N4O2.HI/c1-4-16-7-6-8-18(12-16)28-20(29)14-27-22(25-5-2)26-13-17-11-15(3)9-10-19(17)30-21(23)24;/h1,6-12,21H,5,13-14H2,2-3H3,(H,28,29)(H2,25,26,27);1H. The summed E-state index contributed by atoms with van der Waals surface area (Å²) in [5, 5.41) is 8.66. The highest BCUT2D eigenvalue weighted by molar-refractivity contribution is 14.0. The number of nitrogens with one attached hydrogen (secondary N) is 3. The number of carbonyl (C=O) groups excluding carboxylic acids is 1. The highest BCUT2D eigenvalue weighted by Gasteiger charge is 2.10. The third kappa shape index (κ3) is 9.21. The summed E-state index contributed by atoms with van der Waals surface area (Å²) in [7, 11) is 0. The summed E-state index contributed by atoms with van der Waals surface area (Å²) >= 11 is 0. The van der Waals surface area contributed by atoms with Gasteiger partial charge in [0, 0.05) is 23.4 Å². The Kier molecular flexibility index (Phi) is 11.3. The monoisotopic (exact) mass is 542 g/mol. The molecule has 0 aliphatic heterocycles. The van der Waals surface area contributed by atoms with Crippen LogP contribution in [0.3, 0.4) is 0 Å². The number of ether oxygens (including phenoxy) is 1. The van der Waals surface area contributed by atoms with Crippen LogP contribution in [0.5, 0.6) is 5.75 Å². The van der Waals surface area contributed by atoms with Crippen LogP contribution in [0.1, 0.15) is 23.6 Å². The Bertz CT molecular complexity index is 945. The van der Waals surface area contributed by atoms with Crippen LogP contribution >= 0.6 is 24.0 Å². The van der Waals surface area contributed by atoms with E-state index in [9.17, 15) is 13.6 Å². The van der Waals surface area contributed by atoms with Crippen LogP contribution in [0.25, 0.3) is 0 Å². The lowest BCUT2D eigenvalue weighted by Gasteiger charge is -2.13. The van der Waals surface area contributed by atoms with E-state index in [0.717, 1.165) is 5.56 Å². The molecule has 0 saturated heterocycles. The number of benzene rings is 2. The Morgan fingerprint density at radius 1 is 1.23 bits per heavy atom. The number of rotatable bonds is 8. The third-order valence-electron chi connectivity index (χ3n) is 3.91. The Balaban J connectivity index is 0.00000480. The van der Waals surface area contributed by atoms with Gasteiger partial charge >= 0.3 is 6.61 Å². The third-order valence-corrected chi connectivity index (χ3v) is 3.91. The number of carbonyl (C=O) groups is 1. The number of alkyl halides is 2. The lowest BCUT2D eigenvalue weighted by atomic mass is 10.1. The second-order valence-corrected chi connectivity index (χ2v) is 6.31. The summed E-state index contributed by atoms with van der Waals surface area (Å²) in [5.74, 6) is 2.66. The van der Waals surface area contributed by atoms with E-state index < -0.39 is 6.61 Å². The zero-order valence-electron chi connectivity index (χ0n) is 17.2. The first-order chi connectivity index (χ1) is 14.4. The van der Waals surface area contributed by atoms with Crippen LogP contribution in [0.4, 0.5) is 14.5 Å². The van der Waals surface area contributed by atoms with Crippen molar-refractivity contribution in [3.05, 3.63) is 59.2 Å². The fourth-order valence-corrected chi connectivity index (χ4v) is 2.60. The number of aliphatic imine (C=N–C) groups is 1. The first-order valence-electron chi connectivity index (χ1n) is 9.34. The second kappa shape index (κ2) is 13.4. The molecule has 0 aliphatic carbocycles. The number of hydrogen-bond acceptors (Lipinski definition) is 3. The zero-order chi connectivity index (χ0) is 21.9. The van der Waals surface area contributed by atoms with Crippen molar-refractivity contribution in [1.29, 1.82) is 0 Å². The summed E-state index contributed by atoms with van der Waals surface area (Å²) in [6, 6.07) is 11.9. The summed E-state index contributed by atoms with van der Waals surface area (Å²) in [4.78, 5) is 16.6. The smallest absolute Gasteiger partial charge is 0.387 e. The highest BCUT2D eigenvalue weighted by atomic mass is 127. The first-order valence-corrected chi connectivity index (χ1v) is 9.34. The van der Waals surface area contributed by atoms with Crippen molar-refractivity contribution in [2.24, 2.45) is 4.99 Å². The van der Waals surface area contributed by atoms with Gasteiger partial charge in [0.1, 0.15) is 5.75 Å². The molecule has 6 nitrogen and oxygen atoms in total. The highest BCUT2D eigenvalue weighted by Crippen LogP contribution is 2.22. The molecule has 0 unspecified atom stereocenters. The van der Waals surface area contributed by atoms with Gasteiger partial charge in [-0.2, -0.15) is 8.78 Å². The van der Waals surface area contributed by atoms with E-state index in [1.807, 2.05) is 13.8 Å². The van der Waals surface area contributed by atoms with Crippen molar-refractivity contribution in [2.75, 3.05) is 18.4 Å². The number of aryl methyl sites for hydroxylation is 1. The van der Waals surface area contributed by atoms with Gasteiger partial charge in [0.2, 0.25) is 5.91 Å². The Labute approximate surface area is 197 Å². The number of nitrogens with zero attached hydrogens (tertiary/aromatic N) is 1. The van der Waals surface area contributed by atoms with Gasteiger partial charge in [0.05, 0.1) is 13.1 Å². The molecule has 0 aliphatic rings. The molecule has 9 heteroatoms. The van der Waals surface area contributed by atoms with Crippen molar-refractivity contribution in [1.82, 2.24) is 10.6 Å². The Morgan fingerprint density at radius 3 is 2.68 bits per heavy atom. The van der Waals surface area contributed by atoms with Crippen LogP contribution in [0.15, 0.2) is 47.5 Å². The molecule has 0 radical (unpaired) electrons. The van der Waals surface area contributed by atoms with E-state index in [1.54, 1.807) is 36.4 Å². The van der Waals surface area contributed by atoms with Crippen molar-refractivity contribution < 1.29 is 18.3 Å². The van der Waals surface area contributed by atoms with Crippen LogP contribution in [0, 0.1) is 19.3 Å². The zero-order valence-corrected chi connectivity index (χ0v) is 19.6. The molecule has 31 heavy (non-hydrogen) atoms. The van der Waals surface area contributed by atoms with Gasteiger partial charge in [-0.15, -0.1) is 30.4 Å². The number of anilines is 1. The average Bonchev–Trinajstić information content (AvgIpc) is 2.71. The minimum atomic E-state index is -2.92. The maximum absolute atomic E-state index is 12.6. The molecule has 0 saturated carbocycles. The molecule has 0 aromatic heterocycles. The quantitative estimate of drug-likeness (QED) is 0.205. The Hall–Kier alpha value is -2.87. The van der Waals surface area contributed by atoms with Gasteiger partial charge in [-0.1, -0.05) is 29.7 Å². The van der Waals surface area contributed by atoms with Crippen molar-refractivity contribution >= 4 is 41.5 Å². The van der Waals surface area contributed by atoms with Crippen molar-refractivity contribution in [2.45, 2.75) is 27.0 Å². The predicted molar refractivity (Wildman–Crippen MR) is 129 cm³/mol. The van der Waals surface area contributed by atoms with E-state index in [1.165, 1.54) is 6.07 Å². The molecular formula is C22H25F2IN4O2. The molecular weight excluding hydrogens is 517 g/mol. The minimum Gasteiger partial charge on any atom is -0.434 e. The number of hydrogen-bond donors (Lipinski definition) is 3. The van der Waals surface area contributed by atoms with E-state index in [2.05, 4.69) is 31.6 Å². The van der Waals surface area contributed by atoms with Crippen LogP contribution in [-0.2, 0) is 11.3 Å². The van der Waals surface area contributed by atoms with E-state index >= 15 is 0 Å². The molecule has 0 heterocycles. The van der Waals surface area contributed by atoms with Gasteiger partial charge in [0.15, 0.2) is 5.96 Å². The van der Waals surface area contributed by atoms with E-state index in [-0.39, 0.29) is 48.7 Å². The normalized spacial score (nSPS) is 10.6.